The number of hydrogen-bond acceptors (Lipinski definition) is 11. The molecule has 7 amide bonds. The summed E-state index contributed by atoms with van der Waals surface area (Å²) >= 11 is 0. The first-order valence-corrected chi connectivity index (χ1v) is 24.6. The molecule has 0 bridgehead atoms. The molecule has 4 aromatic rings. The summed E-state index contributed by atoms with van der Waals surface area (Å²) in [6, 6.07) is 30.6. The van der Waals surface area contributed by atoms with Gasteiger partial charge in [-0.05, 0) is 67.0 Å². The maximum atomic E-state index is 13.9. The molecule has 2 saturated heterocycles. The molecule has 2 aliphatic rings. The van der Waals surface area contributed by atoms with Gasteiger partial charge >= 0.3 is 6.09 Å². The van der Waals surface area contributed by atoms with Gasteiger partial charge in [-0.2, -0.15) is 0 Å². The molecule has 0 aliphatic carbocycles. The van der Waals surface area contributed by atoms with Crippen molar-refractivity contribution in [1.29, 1.82) is 0 Å². The fourth-order valence-electron chi connectivity index (χ4n) is 8.77. The summed E-state index contributed by atoms with van der Waals surface area (Å²) in [7, 11) is 0. The lowest BCUT2D eigenvalue weighted by atomic mass is 9.92. The largest absolute Gasteiger partial charge is 0.444 e. The Morgan fingerprint density at radius 1 is 0.589 bits per heavy atom. The van der Waals surface area contributed by atoms with Crippen LogP contribution in [0.25, 0.3) is 0 Å². The zero-order chi connectivity index (χ0) is 53.2. The molecule has 2 fully saturated rings. The number of aliphatic hydroxyl groups is 2. The lowest BCUT2D eigenvalue weighted by molar-refractivity contribution is -0.149. The molecule has 392 valence electrons. The molecule has 6 rings (SSSR count). The Morgan fingerprint density at radius 2 is 1.03 bits per heavy atom. The first-order valence-electron chi connectivity index (χ1n) is 24.6. The molecule has 73 heavy (non-hydrogen) atoms. The number of aliphatic hydroxyl groups excluding tert-OH is 2. The van der Waals surface area contributed by atoms with Crippen molar-refractivity contribution in [3.8, 4) is 0 Å². The normalized spacial score (nSPS) is 17.5. The van der Waals surface area contributed by atoms with Crippen LogP contribution in [0.5, 0.6) is 0 Å². The van der Waals surface area contributed by atoms with Crippen LogP contribution in [-0.2, 0) is 72.5 Å². The Morgan fingerprint density at radius 3 is 1.48 bits per heavy atom. The Balaban J connectivity index is 0.000000276. The average molecular weight is 1010 g/mol. The van der Waals surface area contributed by atoms with Crippen LogP contribution in [-0.4, -0.2) is 135 Å². The van der Waals surface area contributed by atoms with Gasteiger partial charge in [-0.25, -0.2) is 4.79 Å². The van der Waals surface area contributed by atoms with Gasteiger partial charge in [0.25, 0.3) is 0 Å². The SMILES string of the molecule is CC(=O)NCc1cccc(C[C@H](NC(C)=O)[C@H](O)[C@@H]2NCCN(Cc3ccccc3)C2=O)c1.CC(=O)NCc1cccc(C[C@H](NC(C)=O)[C@H](O)[C@H]2C(=O)N(Cc3ccccc3)CCN2C(=O)OC(C)(C)C)c1. The van der Waals surface area contributed by atoms with Gasteiger partial charge in [-0.15, -0.1) is 0 Å². The van der Waals surface area contributed by atoms with Crippen molar-refractivity contribution in [2.75, 3.05) is 26.2 Å². The highest BCUT2D eigenvalue weighted by Crippen LogP contribution is 2.24. The standard InChI is InChI=1S/C30H40N4O6.C25H32N4O4/c1-20(35)31-18-24-13-9-12-23(16-24)17-25(32-21(2)36)27(37)26-28(38)33(19-22-10-7-6-8-11-22)14-15-34(26)29(39)40-30(3,4)5;1-17(30)27-15-21-10-6-9-20(13-21)14-22(28-18(2)31)24(32)23-25(33)29(12-11-26-23)16-19-7-4-3-5-8-19/h6-13,16,25-27,37H,14-15,17-19H2,1-5H3,(H,31,35)(H,32,36);3-10,13,22-24,26,32H,11-12,14-16H2,1-2H3,(H,27,30)(H,28,31)/t25-,26-,27-;22-,23-,24-/m00/s1. The monoisotopic (exact) mass is 1000 g/mol. The third-order valence-corrected chi connectivity index (χ3v) is 12.1. The quantitative estimate of drug-likeness (QED) is 0.0765. The van der Waals surface area contributed by atoms with Gasteiger partial charge < -0.3 is 51.3 Å². The summed E-state index contributed by atoms with van der Waals surface area (Å²) in [4.78, 5) is 91.5. The van der Waals surface area contributed by atoms with Crippen molar-refractivity contribution in [3.05, 3.63) is 143 Å². The first-order chi connectivity index (χ1) is 34.7. The Bertz CT molecular complexity index is 2500. The number of ether oxygens (including phenoxy) is 1. The zero-order valence-corrected chi connectivity index (χ0v) is 42.9. The van der Waals surface area contributed by atoms with E-state index in [1.165, 1.54) is 32.6 Å². The van der Waals surface area contributed by atoms with Gasteiger partial charge in [-0.1, -0.05) is 109 Å². The van der Waals surface area contributed by atoms with Gasteiger partial charge in [-0.3, -0.25) is 33.7 Å². The summed E-state index contributed by atoms with van der Waals surface area (Å²) in [6.45, 7) is 13.9. The number of nitrogens with one attached hydrogen (secondary N) is 5. The summed E-state index contributed by atoms with van der Waals surface area (Å²) in [5.74, 6) is -1.55. The Hall–Kier alpha value is -7.15. The van der Waals surface area contributed by atoms with Crippen molar-refractivity contribution < 1.29 is 48.5 Å². The van der Waals surface area contributed by atoms with Crippen molar-refractivity contribution >= 4 is 41.5 Å². The van der Waals surface area contributed by atoms with Crippen molar-refractivity contribution in [1.82, 2.24) is 41.3 Å². The maximum absolute atomic E-state index is 13.9. The molecule has 2 aliphatic heterocycles. The summed E-state index contributed by atoms with van der Waals surface area (Å²) in [5, 5.41) is 37.1. The smallest absolute Gasteiger partial charge is 0.411 e. The van der Waals surface area contributed by atoms with Crippen molar-refractivity contribution in [2.45, 2.75) is 129 Å². The third kappa shape index (κ3) is 18.1. The van der Waals surface area contributed by atoms with Crippen LogP contribution in [0.4, 0.5) is 4.79 Å². The van der Waals surface area contributed by atoms with E-state index in [4.69, 9.17) is 4.74 Å². The molecule has 0 unspecified atom stereocenters. The lowest BCUT2D eigenvalue weighted by Crippen LogP contribution is -2.66. The first kappa shape index (κ1) is 56.8. The molecule has 2 heterocycles. The minimum atomic E-state index is -1.43. The van der Waals surface area contributed by atoms with Crippen LogP contribution in [0.1, 0.15) is 81.8 Å². The highest BCUT2D eigenvalue weighted by molar-refractivity contribution is 5.88. The highest BCUT2D eigenvalue weighted by atomic mass is 16.6. The van der Waals surface area contributed by atoms with E-state index in [0.717, 1.165) is 33.4 Å². The van der Waals surface area contributed by atoms with Crippen LogP contribution < -0.4 is 26.6 Å². The number of benzene rings is 4. The molecule has 4 aromatic carbocycles. The minimum absolute atomic E-state index is 0.117. The zero-order valence-electron chi connectivity index (χ0n) is 42.9. The molecule has 0 spiro atoms. The van der Waals surface area contributed by atoms with E-state index in [1.807, 2.05) is 109 Å². The van der Waals surface area contributed by atoms with Crippen molar-refractivity contribution in [2.24, 2.45) is 0 Å². The molecule has 6 atom stereocenters. The predicted octanol–water partition coefficient (Wildman–Crippen LogP) is 3.11. The van der Waals surface area contributed by atoms with E-state index in [9.17, 15) is 43.8 Å². The van der Waals surface area contributed by atoms with Gasteiger partial charge in [0.05, 0.1) is 18.2 Å². The topological polar surface area (TPSA) is 239 Å². The van der Waals surface area contributed by atoms with Crippen LogP contribution in [0, 0.1) is 0 Å². The highest BCUT2D eigenvalue weighted by Gasteiger charge is 2.46. The van der Waals surface area contributed by atoms with E-state index in [0.29, 0.717) is 45.7 Å². The Labute approximate surface area is 428 Å². The minimum Gasteiger partial charge on any atom is -0.444 e. The lowest BCUT2D eigenvalue weighted by Gasteiger charge is -2.44. The van der Waals surface area contributed by atoms with E-state index in [2.05, 4.69) is 26.6 Å². The number of carbonyl (C=O) groups excluding carboxylic acids is 7. The fourth-order valence-corrected chi connectivity index (χ4v) is 8.77. The molecular formula is C55H72N8O10. The van der Waals surface area contributed by atoms with Crippen LogP contribution in [0.15, 0.2) is 109 Å². The molecular weight excluding hydrogens is 933 g/mol. The number of piperazine rings is 2. The number of rotatable bonds is 18. The number of nitrogens with zero attached hydrogens (tertiary/aromatic N) is 3. The van der Waals surface area contributed by atoms with E-state index >= 15 is 0 Å². The molecule has 0 radical (unpaired) electrons. The molecule has 0 saturated carbocycles. The summed E-state index contributed by atoms with van der Waals surface area (Å²) in [6.07, 6.45) is -2.71. The maximum Gasteiger partial charge on any atom is 0.411 e. The molecule has 7 N–H and O–H groups in total. The molecule has 18 heteroatoms. The number of amides is 7. The fraction of sp³-hybridized carbons (Fsp3) is 0.436. The Kier molecular flexibility index (Phi) is 21.0. The second-order valence-corrected chi connectivity index (χ2v) is 19.5. The van der Waals surface area contributed by atoms with Crippen LogP contribution in [0.3, 0.4) is 0 Å². The second kappa shape index (κ2) is 27.1. The van der Waals surface area contributed by atoms with Gasteiger partial charge in [0.15, 0.2) is 0 Å². The second-order valence-electron chi connectivity index (χ2n) is 19.5. The third-order valence-electron chi connectivity index (χ3n) is 12.1. The van der Waals surface area contributed by atoms with Crippen LogP contribution >= 0.6 is 0 Å². The van der Waals surface area contributed by atoms with Gasteiger partial charge in [0.1, 0.15) is 23.8 Å². The number of carbonyl (C=O) groups is 7. The van der Waals surface area contributed by atoms with Crippen molar-refractivity contribution in [3.63, 3.8) is 0 Å². The van der Waals surface area contributed by atoms with E-state index in [1.54, 1.807) is 30.6 Å². The van der Waals surface area contributed by atoms with E-state index < -0.39 is 54.0 Å². The molecule has 0 aromatic heterocycles. The van der Waals surface area contributed by atoms with Gasteiger partial charge in [0.2, 0.25) is 35.4 Å². The number of hydrogen-bond donors (Lipinski definition) is 7. The average Bonchev–Trinajstić information content (AvgIpc) is 3.33. The van der Waals surface area contributed by atoms with Gasteiger partial charge in [0, 0.05) is 80.1 Å². The van der Waals surface area contributed by atoms with E-state index in [-0.39, 0.29) is 49.0 Å². The summed E-state index contributed by atoms with van der Waals surface area (Å²) < 4.78 is 5.58. The van der Waals surface area contributed by atoms with Crippen LogP contribution in [0.2, 0.25) is 0 Å². The predicted molar refractivity (Wildman–Crippen MR) is 275 cm³/mol. The summed E-state index contributed by atoms with van der Waals surface area (Å²) in [5.41, 5.74) is 4.58. The molecule has 18 nitrogen and oxygen atoms in total.